The van der Waals surface area contributed by atoms with Crippen molar-refractivity contribution in [3.63, 3.8) is 0 Å². The summed E-state index contributed by atoms with van der Waals surface area (Å²) in [5, 5.41) is 0.418. The summed E-state index contributed by atoms with van der Waals surface area (Å²) in [5.74, 6) is 0.158. The Morgan fingerprint density at radius 1 is 0.974 bits per heavy atom. The lowest BCUT2D eigenvalue weighted by atomic mass is 9.87. The monoisotopic (exact) mass is 619 g/mol. The number of rotatable bonds is 11. The van der Waals surface area contributed by atoms with Crippen LogP contribution in [0.1, 0.15) is 64.5 Å². The van der Waals surface area contributed by atoms with Crippen LogP contribution in [0.15, 0.2) is 76.1 Å². The van der Waals surface area contributed by atoms with E-state index in [1.54, 1.807) is 12.1 Å². The molecule has 0 aromatic heterocycles. The van der Waals surface area contributed by atoms with E-state index in [0.717, 1.165) is 33.6 Å². The highest BCUT2D eigenvalue weighted by Crippen LogP contribution is 2.32. The predicted molar refractivity (Wildman–Crippen MR) is 159 cm³/mol. The number of hydrogen-bond donors (Lipinski definition) is 0. The smallest absolute Gasteiger partial charge is 0.270 e. The number of carbonyl (C=O) groups excluding carboxylic acids is 1. The molecule has 3 aromatic rings. The number of nitrogens with zero attached hydrogens (tertiary/aromatic N) is 1. The number of hydrogen-bond acceptors (Lipinski definition) is 4. The number of anilines is 1. The van der Waals surface area contributed by atoms with Gasteiger partial charge in [0.25, 0.3) is 10.0 Å². The minimum atomic E-state index is -4.14. The fraction of sp³-hybridized carbons (Fsp3) is 0.367. The van der Waals surface area contributed by atoms with Crippen LogP contribution in [-0.4, -0.2) is 20.9 Å². The van der Waals surface area contributed by atoms with Crippen molar-refractivity contribution in [1.82, 2.24) is 0 Å². The normalized spacial score (nSPS) is 11.8. The average Bonchev–Trinajstić information content (AvgIpc) is 2.86. The number of amides is 1. The molecule has 5 nitrogen and oxygen atoms in total. The Morgan fingerprint density at radius 2 is 1.63 bits per heavy atom. The summed E-state index contributed by atoms with van der Waals surface area (Å²) < 4.78 is 34.8. The van der Waals surface area contributed by atoms with Gasteiger partial charge in [-0.15, -0.1) is 0 Å². The molecule has 0 aliphatic rings. The highest BCUT2D eigenvalue weighted by Gasteiger charge is 2.30. The van der Waals surface area contributed by atoms with Gasteiger partial charge in [-0.25, -0.2) is 12.7 Å². The summed E-state index contributed by atoms with van der Waals surface area (Å²) in [5.41, 5.74) is 2.60. The van der Waals surface area contributed by atoms with E-state index in [1.165, 1.54) is 29.8 Å². The summed E-state index contributed by atoms with van der Waals surface area (Å²) in [6.45, 7) is 8.82. The molecule has 38 heavy (non-hydrogen) atoms. The molecule has 0 heterocycles. The lowest BCUT2D eigenvalue weighted by Gasteiger charge is -2.23. The van der Waals surface area contributed by atoms with Crippen molar-refractivity contribution in [2.24, 2.45) is 0 Å². The minimum absolute atomic E-state index is 0.00208. The largest absolute Gasteiger partial charge is 0.492 e. The van der Waals surface area contributed by atoms with Gasteiger partial charge in [-0.3, -0.25) is 4.79 Å². The number of ether oxygens (including phenoxy) is 1. The van der Waals surface area contributed by atoms with Crippen LogP contribution in [0.5, 0.6) is 5.75 Å². The first kappa shape index (κ1) is 30.2. The van der Waals surface area contributed by atoms with Crippen LogP contribution in [0.3, 0.4) is 0 Å². The van der Waals surface area contributed by atoms with Gasteiger partial charge in [0.05, 0.1) is 21.7 Å². The van der Waals surface area contributed by atoms with E-state index in [4.69, 9.17) is 16.3 Å². The molecular formula is C30H35BrClNO4S. The molecule has 0 bridgehead atoms. The molecule has 0 unspecified atom stereocenters. The van der Waals surface area contributed by atoms with E-state index >= 15 is 0 Å². The number of halogens is 2. The molecule has 0 spiro atoms. The van der Waals surface area contributed by atoms with Gasteiger partial charge in [-0.05, 0) is 100 Å². The predicted octanol–water partition coefficient (Wildman–Crippen LogP) is 8.32. The zero-order valence-electron chi connectivity index (χ0n) is 22.3. The zero-order valence-corrected chi connectivity index (χ0v) is 25.5. The number of benzene rings is 3. The Kier molecular flexibility index (Phi) is 10.4. The first-order valence-electron chi connectivity index (χ1n) is 12.8. The second-order valence-corrected chi connectivity index (χ2v) is 13.3. The molecule has 1 amide bonds. The van der Waals surface area contributed by atoms with Gasteiger partial charge in [0.15, 0.2) is 0 Å². The van der Waals surface area contributed by atoms with Gasteiger partial charge in [0, 0.05) is 11.4 Å². The molecule has 8 heteroatoms. The third-order valence-electron chi connectivity index (χ3n) is 6.16. The minimum Gasteiger partial charge on any atom is -0.492 e. The quantitative estimate of drug-likeness (QED) is 0.202. The molecule has 0 aliphatic heterocycles. The van der Waals surface area contributed by atoms with Gasteiger partial charge < -0.3 is 4.74 Å². The van der Waals surface area contributed by atoms with E-state index < -0.39 is 15.9 Å². The Morgan fingerprint density at radius 3 is 2.21 bits per heavy atom. The first-order valence-corrected chi connectivity index (χ1v) is 15.4. The topological polar surface area (TPSA) is 63.7 Å². The van der Waals surface area contributed by atoms with Gasteiger partial charge in [0.1, 0.15) is 5.75 Å². The molecule has 0 aliphatic carbocycles. The standard InChI is InChI=1S/C30H35BrClNO4S/c1-5-6-8-22-10-15-25(16-11-22)33(38(35,36)26-17-13-24(32)14-18-26)29(34)9-7-20-37-28-19-12-23(21-27(28)31)30(2,3)4/h10-19,21H,5-9,20H2,1-4H3. The van der Waals surface area contributed by atoms with Crippen molar-refractivity contribution in [3.05, 3.63) is 87.4 Å². The van der Waals surface area contributed by atoms with Crippen LogP contribution in [-0.2, 0) is 26.7 Å². The van der Waals surface area contributed by atoms with Crippen LogP contribution in [0.25, 0.3) is 0 Å². The van der Waals surface area contributed by atoms with Crippen molar-refractivity contribution >= 4 is 49.1 Å². The highest BCUT2D eigenvalue weighted by molar-refractivity contribution is 9.10. The highest BCUT2D eigenvalue weighted by atomic mass is 79.9. The van der Waals surface area contributed by atoms with Crippen molar-refractivity contribution in [1.29, 1.82) is 0 Å². The number of aryl methyl sites for hydroxylation is 1. The molecular weight excluding hydrogens is 586 g/mol. The van der Waals surface area contributed by atoms with Crippen molar-refractivity contribution in [2.45, 2.75) is 70.1 Å². The average molecular weight is 621 g/mol. The molecule has 204 valence electrons. The Bertz CT molecular complexity index is 1330. The fourth-order valence-corrected chi connectivity index (χ4v) is 5.97. The van der Waals surface area contributed by atoms with Gasteiger partial charge >= 0.3 is 0 Å². The fourth-order valence-electron chi connectivity index (χ4n) is 3.90. The summed E-state index contributed by atoms with van der Waals surface area (Å²) in [7, 11) is -4.14. The third-order valence-corrected chi connectivity index (χ3v) is 8.79. The van der Waals surface area contributed by atoms with Crippen LogP contribution in [0.2, 0.25) is 5.02 Å². The molecule has 0 radical (unpaired) electrons. The van der Waals surface area contributed by atoms with Crippen molar-refractivity contribution in [3.8, 4) is 5.75 Å². The summed E-state index contributed by atoms with van der Waals surface area (Å²) in [6.07, 6.45) is 3.37. The lowest BCUT2D eigenvalue weighted by molar-refractivity contribution is -0.117. The second kappa shape index (κ2) is 13.1. The summed E-state index contributed by atoms with van der Waals surface area (Å²) >= 11 is 9.53. The zero-order chi connectivity index (χ0) is 27.9. The van der Waals surface area contributed by atoms with Crippen LogP contribution in [0, 0.1) is 0 Å². The van der Waals surface area contributed by atoms with Gasteiger partial charge in [-0.1, -0.05) is 63.9 Å². The summed E-state index contributed by atoms with van der Waals surface area (Å²) in [4.78, 5) is 13.4. The van der Waals surface area contributed by atoms with E-state index in [-0.39, 0.29) is 23.3 Å². The number of sulfonamides is 1. The maximum absolute atomic E-state index is 13.6. The molecule has 0 saturated heterocycles. The van der Waals surface area contributed by atoms with E-state index in [0.29, 0.717) is 22.9 Å². The molecule has 0 N–H and O–H groups in total. The van der Waals surface area contributed by atoms with Gasteiger partial charge in [0.2, 0.25) is 5.91 Å². The molecule has 0 atom stereocenters. The van der Waals surface area contributed by atoms with Crippen molar-refractivity contribution in [2.75, 3.05) is 10.9 Å². The van der Waals surface area contributed by atoms with Crippen LogP contribution < -0.4 is 9.04 Å². The molecule has 0 fully saturated rings. The SMILES string of the molecule is CCCCc1ccc(N(C(=O)CCCOc2ccc(C(C)(C)C)cc2Br)S(=O)(=O)c2ccc(Cl)cc2)cc1. The van der Waals surface area contributed by atoms with E-state index in [1.807, 2.05) is 30.3 Å². The first-order chi connectivity index (χ1) is 17.9. The third kappa shape index (κ3) is 7.84. The molecule has 3 rings (SSSR count). The lowest BCUT2D eigenvalue weighted by Crippen LogP contribution is -2.37. The Labute approximate surface area is 240 Å². The number of unbranched alkanes of at least 4 members (excludes halogenated alkanes) is 1. The summed E-state index contributed by atoms with van der Waals surface area (Å²) in [6, 6.07) is 18.9. The molecule has 3 aromatic carbocycles. The van der Waals surface area contributed by atoms with E-state index in [2.05, 4.69) is 43.6 Å². The Balaban J connectivity index is 1.76. The van der Waals surface area contributed by atoms with Gasteiger partial charge in [-0.2, -0.15) is 0 Å². The van der Waals surface area contributed by atoms with Crippen molar-refractivity contribution < 1.29 is 17.9 Å². The van der Waals surface area contributed by atoms with Crippen LogP contribution >= 0.6 is 27.5 Å². The second-order valence-electron chi connectivity index (χ2n) is 10.2. The Hall–Kier alpha value is -2.35. The van der Waals surface area contributed by atoms with Crippen LogP contribution in [0.4, 0.5) is 5.69 Å². The molecule has 0 saturated carbocycles. The maximum Gasteiger partial charge on any atom is 0.270 e. The number of carbonyl (C=O) groups is 1. The van der Waals surface area contributed by atoms with E-state index in [9.17, 15) is 13.2 Å². The maximum atomic E-state index is 13.6.